The topological polar surface area (TPSA) is 249 Å². The molecule has 0 amide bonds. The van der Waals surface area contributed by atoms with Crippen LogP contribution in [0.4, 0.5) is 0 Å². The molecule has 9 atom stereocenters. The van der Waals surface area contributed by atoms with Crippen LogP contribution >= 0.6 is 0 Å². The molecule has 0 aromatic carbocycles. The predicted molar refractivity (Wildman–Crippen MR) is 335 cm³/mol. The second-order valence-electron chi connectivity index (χ2n) is 17.5. The molecule has 4 aliphatic heterocycles. The average Bonchev–Trinajstić information content (AvgIpc) is 3.33. The summed E-state index contributed by atoms with van der Waals surface area (Å²) in [5.41, 5.74) is 0. The van der Waals surface area contributed by atoms with E-state index >= 15 is 0 Å². The third-order valence-corrected chi connectivity index (χ3v) is 70.8. The van der Waals surface area contributed by atoms with Crippen LogP contribution in [0.25, 0.3) is 0 Å². The molecule has 4 heterocycles. The minimum absolute atomic E-state index is 0.133. The van der Waals surface area contributed by atoms with E-state index in [4.69, 9.17) is 111 Å². The highest BCUT2D eigenvalue weighted by Crippen LogP contribution is 2.21. The fraction of sp³-hybridized carbons (Fsp3) is 1.00. The summed E-state index contributed by atoms with van der Waals surface area (Å²) in [6.45, 7) is 28.8. The molecule has 26 radical (unpaired) electrons. The maximum Gasteiger partial charge on any atom is 0.642 e. The van der Waals surface area contributed by atoms with E-state index in [9.17, 15) is 0 Å². The van der Waals surface area contributed by atoms with Crippen molar-refractivity contribution in [1.29, 1.82) is 0 Å². The van der Waals surface area contributed by atoms with Gasteiger partial charge >= 0.3 is 126 Å². The molecule has 0 saturated carbocycles. The molecule has 4 fully saturated rings. The third-order valence-electron chi connectivity index (χ3n) is 9.69. The Balaban J connectivity index is 1.31. The molecule has 0 aliphatic carbocycles. The van der Waals surface area contributed by atoms with Crippen molar-refractivity contribution in [3.63, 3.8) is 0 Å². The van der Waals surface area contributed by atoms with Crippen LogP contribution in [0, 0.1) is 0 Å². The maximum atomic E-state index is 6.36. The van der Waals surface area contributed by atoms with E-state index in [1.165, 1.54) is 0 Å². The van der Waals surface area contributed by atoms with Gasteiger partial charge in [0.05, 0.1) is 0 Å². The first kappa shape index (κ1) is 76.4. The van der Waals surface area contributed by atoms with E-state index in [1.807, 2.05) is 58.9 Å². The van der Waals surface area contributed by atoms with Gasteiger partial charge in [0, 0.05) is 6.10 Å². The zero-order valence-electron chi connectivity index (χ0n) is 46.8. The first-order valence-electron chi connectivity index (χ1n) is 25.3. The summed E-state index contributed by atoms with van der Waals surface area (Å²) >= 11 is 0. The summed E-state index contributed by atoms with van der Waals surface area (Å²) in [4.78, 5) is 0. The molecular formula is C24H72O27Si28. The van der Waals surface area contributed by atoms with Crippen molar-refractivity contribution < 1.29 is 111 Å². The molecule has 0 aromatic rings. The molecule has 4 rings (SSSR count). The average molecular weight is 1580 g/mol. The monoisotopic (exact) mass is 1580 g/mol. The fourth-order valence-corrected chi connectivity index (χ4v) is 68.2. The Kier molecular flexibility index (Phi) is 43.0. The van der Waals surface area contributed by atoms with Crippen LogP contribution < -0.4 is 0 Å². The number of rotatable bonds is 36. The molecule has 442 valence electrons. The van der Waals surface area contributed by atoms with E-state index in [0.717, 1.165) is 54.4 Å². The van der Waals surface area contributed by atoms with Crippen LogP contribution in [0.2, 0.25) is 140 Å². The first-order chi connectivity index (χ1) is 37.7. The summed E-state index contributed by atoms with van der Waals surface area (Å²) in [7, 11) is -34.6. The van der Waals surface area contributed by atoms with Gasteiger partial charge in [-0.15, -0.1) is 0 Å². The van der Waals surface area contributed by atoms with Crippen molar-refractivity contribution in [2.45, 2.75) is 153 Å². The van der Waals surface area contributed by atoms with E-state index < -0.39 is 196 Å². The summed E-state index contributed by atoms with van der Waals surface area (Å²) in [6, 6.07) is 7.08. The minimum Gasteiger partial charge on any atom is -0.441 e. The Bertz CT molecular complexity index is 1380. The van der Waals surface area contributed by atoms with Crippen molar-refractivity contribution in [2.75, 3.05) is 0 Å². The van der Waals surface area contributed by atoms with Gasteiger partial charge in [-0.1, -0.05) is 0 Å². The van der Waals surface area contributed by atoms with Crippen molar-refractivity contribution >= 4 is 266 Å². The molecule has 55 heteroatoms. The lowest BCUT2D eigenvalue weighted by Crippen LogP contribution is -2.54. The fourth-order valence-electron chi connectivity index (χ4n) is 6.74. The number of hydrogen-bond acceptors (Lipinski definition) is 27. The smallest absolute Gasteiger partial charge is 0.441 e. The van der Waals surface area contributed by atoms with Crippen LogP contribution in [0.3, 0.4) is 0 Å². The van der Waals surface area contributed by atoms with Gasteiger partial charge in [0.15, 0.2) is 17.4 Å². The molecule has 0 N–H and O–H groups in total. The van der Waals surface area contributed by atoms with E-state index in [1.54, 1.807) is 0 Å². The highest BCUT2D eigenvalue weighted by Gasteiger charge is 2.47. The van der Waals surface area contributed by atoms with Crippen LogP contribution in [0.15, 0.2) is 0 Å². The van der Waals surface area contributed by atoms with Crippen LogP contribution in [0.1, 0.15) is 6.92 Å². The normalized spacial score (nSPS) is 31.1. The van der Waals surface area contributed by atoms with Crippen molar-refractivity contribution in [3.05, 3.63) is 0 Å². The van der Waals surface area contributed by atoms with Gasteiger partial charge in [0.1, 0.15) is 0 Å². The Morgan fingerprint density at radius 2 is 0.684 bits per heavy atom. The second-order valence-corrected chi connectivity index (χ2v) is 68.9. The summed E-state index contributed by atoms with van der Waals surface area (Å²) < 4.78 is 165. The Hall–Kier alpha value is 4.99. The lowest BCUT2D eigenvalue weighted by molar-refractivity contribution is 0.139. The summed E-state index contributed by atoms with van der Waals surface area (Å²) in [5, 5.41) is 0. The Labute approximate surface area is 524 Å². The molecular weight excluding hydrogens is 1510 g/mol. The Morgan fingerprint density at radius 1 is 0.380 bits per heavy atom. The minimum atomic E-state index is -4.13. The third kappa shape index (κ3) is 37.2. The summed E-state index contributed by atoms with van der Waals surface area (Å²) in [5.74, 6) is 0. The van der Waals surface area contributed by atoms with Gasteiger partial charge in [-0.2, -0.15) is 0 Å². The first-order valence-corrected chi connectivity index (χ1v) is 69.4. The molecule has 4 saturated heterocycles. The lowest BCUT2D eigenvalue weighted by atomic mass is 10.5. The van der Waals surface area contributed by atoms with Crippen LogP contribution in [-0.4, -0.2) is 272 Å². The van der Waals surface area contributed by atoms with Gasteiger partial charge in [0.25, 0.3) is 92.8 Å². The quantitative estimate of drug-likeness (QED) is 0.0441. The zero-order chi connectivity index (χ0) is 57.5. The molecule has 0 bridgehead atoms. The van der Waals surface area contributed by atoms with Gasteiger partial charge < -0.3 is 111 Å². The number of hydrogen-bond donors (Lipinski definition) is 0. The van der Waals surface area contributed by atoms with Crippen LogP contribution in [-0.2, 0) is 111 Å². The van der Waals surface area contributed by atoms with Crippen molar-refractivity contribution in [2.24, 2.45) is 0 Å². The highest BCUT2D eigenvalue weighted by atomic mass is 28.5. The molecule has 0 spiro atoms. The Morgan fingerprint density at radius 3 is 1.06 bits per heavy atom. The van der Waals surface area contributed by atoms with Crippen molar-refractivity contribution in [3.8, 4) is 0 Å². The van der Waals surface area contributed by atoms with E-state index in [2.05, 4.69) is 33.1 Å². The van der Waals surface area contributed by atoms with Gasteiger partial charge in [-0.25, -0.2) is 0 Å². The van der Waals surface area contributed by atoms with Crippen LogP contribution in [0.5, 0.6) is 0 Å². The van der Waals surface area contributed by atoms with Gasteiger partial charge in [-0.3, -0.25) is 0 Å². The maximum absolute atomic E-state index is 6.36. The molecule has 9 unspecified atom stereocenters. The van der Waals surface area contributed by atoms with Gasteiger partial charge in [-0.05, 0) is 146 Å². The molecule has 27 nitrogen and oxygen atoms in total. The van der Waals surface area contributed by atoms with E-state index in [-0.39, 0.29) is 75.4 Å². The van der Waals surface area contributed by atoms with E-state index in [0.29, 0.717) is 0 Å². The standard InChI is InChI=1S/C24H72O27Si28/c1-24-23-63(2)38-64(3)45-74(25-24)18-15-52-26-55-29-59-34-79(35-60-30-56-27-53-16-19-75-46-68(7)39-65(4)40-69(8)47-75,36-61-31-57-28-54-17-20-76-48-70(9)41-66(5)42-71(10)49-76)37-62-32-58-33-78(13,14)22-21-77-50-72(11)43-67(6)44-73(12)51-77/h24,63-73H,15-23H2,1-14H3. The zero-order valence-corrected chi connectivity index (χ0v) is 76.5. The summed E-state index contributed by atoms with van der Waals surface area (Å²) in [6.07, 6.45) is 0.133. The molecule has 4 aliphatic rings. The molecule has 79 heavy (non-hydrogen) atoms. The predicted octanol–water partition coefficient (Wildman–Crippen LogP) is -3.29. The molecule has 0 aromatic heterocycles. The SMILES string of the molecule is CC1C[SiH](C)O[SiH](C)O[Si](CC[Si]O[Si]O[Si]O[Si](O[Si]O[Si]O[Si]CC[Si]2O[SiH](C)O[SiH](C)O[SiH](C)O2)(O[Si]O[Si]O[Si]CC[Si]2O[SiH](C)O[SiH](C)O[SiH](C)O2)O[Si]O[Si]O[Si](C)(C)CC[Si]2O[SiH](C)O[SiH](C)O[SiH](C)O2)O1. The largest absolute Gasteiger partial charge is 0.642 e. The van der Waals surface area contributed by atoms with Crippen molar-refractivity contribution in [1.82, 2.24) is 0 Å². The lowest BCUT2D eigenvalue weighted by Gasteiger charge is -2.31. The van der Waals surface area contributed by atoms with Gasteiger partial charge in [0.2, 0.25) is 29.3 Å². The highest BCUT2D eigenvalue weighted by molar-refractivity contribution is 6.79. The second kappa shape index (κ2) is 44.5.